The van der Waals surface area contributed by atoms with Gasteiger partial charge < -0.3 is 19.3 Å². The third-order valence-electron chi connectivity index (χ3n) is 6.76. The summed E-state index contributed by atoms with van der Waals surface area (Å²) in [6.45, 7) is 4.84. The van der Waals surface area contributed by atoms with E-state index in [0.717, 1.165) is 12.0 Å². The highest BCUT2D eigenvalue weighted by molar-refractivity contribution is 8.00. The van der Waals surface area contributed by atoms with Crippen LogP contribution >= 0.6 is 34.7 Å². The maximum atomic E-state index is 13.6. The molecule has 5 rings (SSSR count). The molecule has 1 aliphatic rings. The Bertz CT molecular complexity index is 1690. The summed E-state index contributed by atoms with van der Waals surface area (Å²) in [6.07, 6.45) is 0.850. The Hall–Kier alpha value is -4.06. The lowest BCUT2D eigenvalue weighted by Crippen LogP contribution is -2.29. The van der Waals surface area contributed by atoms with Gasteiger partial charge in [0.15, 0.2) is 15.8 Å². The number of thioether (sulfide) groups is 1. The van der Waals surface area contributed by atoms with Crippen LogP contribution in [-0.2, 0) is 15.3 Å². The molecule has 1 aliphatic heterocycles. The summed E-state index contributed by atoms with van der Waals surface area (Å²) >= 11 is 8.90. The van der Waals surface area contributed by atoms with Crippen molar-refractivity contribution in [2.45, 2.75) is 36.4 Å². The van der Waals surface area contributed by atoms with E-state index in [1.807, 2.05) is 38.1 Å². The van der Waals surface area contributed by atoms with Gasteiger partial charge in [0.2, 0.25) is 5.13 Å². The fraction of sp³-hybridized carbons (Fsp3) is 0.250. The maximum Gasteiger partial charge on any atom is 0.301 e. The minimum absolute atomic E-state index is 0.0797. The molecule has 0 aliphatic carbocycles. The first-order valence-corrected chi connectivity index (χ1v) is 16.1. The second-order valence-corrected chi connectivity index (χ2v) is 12.2. The molecule has 4 aromatic rings. The van der Waals surface area contributed by atoms with Crippen molar-refractivity contribution in [1.82, 2.24) is 10.2 Å². The maximum absolute atomic E-state index is 13.6. The molecule has 9 nitrogen and oxygen atoms in total. The number of methoxy groups -OCH3 is 1. The first-order valence-electron chi connectivity index (χ1n) is 13.9. The number of carbonyl (C=O) groups excluding carboxylic acids is 2. The lowest BCUT2D eigenvalue weighted by atomic mass is 9.95. The summed E-state index contributed by atoms with van der Waals surface area (Å²) in [7, 11) is 1.51. The smallest absolute Gasteiger partial charge is 0.301 e. The molecule has 0 bridgehead atoms. The van der Waals surface area contributed by atoms with Crippen molar-refractivity contribution in [1.29, 1.82) is 0 Å². The van der Waals surface area contributed by atoms with E-state index in [1.54, 1.807) is 42.5 Å². The Morgan fingerprint density at radius 2 is 1.80 bits per heavy atom. The summed E-state index contributed by atoms with van der Waals surface area (Å²) in [5, 5.41) is 20.9. The van der Waals surface area contributed by atoms with Crippen LogP contribution in [0.4, 0.5) is 5.13 Å². The van der Waals surface area contributed by atoms with E-state index < -0.39 is 17.7 Å². The minimum atomic E-state index is -1.01. The number of nitrogens with zero attached hydrogens (tertiary/aromatic N) is 3. The molecule has 1 fully saturated rings. The lowest BCUT2D eigenvalue weighted by Gasteiger charge is -2.23. The van der Waals surface area contributed by atoms with Crippen LogP contribution in [0.25, 0.3) is 5.76 Å². The average Bonchev–Trinajstić information content (AvgIpc) is 3.61. The van der Waals surface area contributed by atoms with Crippen LogP contribution in [0.1, 0.15) is 43.0 Å². The van der Waals surface area contributed by atoms with Crippen LogP contribution in [0.5, 0.6) is 17.2 Å². The van der Waals surface area contributed by atoms with Crippen molar-refractivity contribution in [3.8, 4) is 17.2 Å². The number of ether oxygens (including phenoxy) is 3. The Balaban J connectivity index is 1.56. The molecule has 0 saturated carbocycles. The number of carbonyl (C=O) groups is 2. The third kappa shape index (κ3) is 6.54. The van der Waals surface area contributed by atoms with Crippen LogP contribution in [0, 0.1) is 0 Å². The number of halogens is 1. The van der Waals surface area contributed by atoms with Gasteiger partial charge in [-0.15, -0.1) is 10.2 Å². The molecule has 0 radical (unpaired) electrons. The molecule has 3 aromatic carbocycles. The molecule has 44 heavy (non-hydrogen) atoms. The molecule has 1 saturated heterocycles. The van der Waals surface area contributed by atoms with Crippen molar-refractivity contribution in [2.75, 3.05) is 25.2 Å². The Morgan fingerprint density at radius 1 is 1.02 bits per heavy atom. The summed E-state index contributed by atoms with van der Waals surface area (Å²) in [6, 6.07) is 18.4. The quantitative estimate of drug-likeness (QED) is 0.0554. The Labute approximate surface area is 268 Å². The van der Waals surface area contributed by atoms with E-state index in [0.29, 0.717) is 56.7 Å². The van der Waals surface area contributed by atoms with Crippen LogP contribution in [-0.4, -0.2) is 47.3 Å². The SMILES string of the molecule is CCCOc1ccc(/C(O)=C2/C(=O)C(=O)N(c3nnc(SCc4ccccc4Cl)s3)C2c2ccc(OCC)c(OC)c2)cc1. The number of hydrogen-bond acceptors (Lipinski definition) is 10. The first-order chi connectivity index (χ1) is 21.4. The van der Waals surface area contributed by atoms with Crippen molar-refractivity contribution < 1.29 is 28.9 Å². The predicted octanol–water partition coefficient (Wildman–Crippen LogP) is 7.31. The molecule has 0 spiro atoms. The molecule has 1 unspecified atom stereocenters. The van der Waals surface area contributed by atoms with Gasteiger partial charge in [0, 0.05) is 16.3 Å². The zero-order valence-corrected chi connectivity index (χ0v) is 26.7. The van der Waals surface area contributed by atoms with E-state index in [4.69, 9.17) is 25.8 Å². The topological polar surface area (TPSA) is 111 Å². The minimum Gasteiger partial charge on any atom is -0.507 e. The molecule has 1 amide bonds. The fourth-order valence-corrected chi connectivity index (χ4v) is 6.83. The van der Waals surface area contributed by atoms with Gasteiger partial charge in [0.25, 0.3) is 5.78 Å². The second kappa shape index (κ2) is 14.1. The van der Waals surface area contributed by atoms with Crippen LogP contribution in [0.15, 0.2) is 76.6 Å². The van der Waals surface area contributed by atoms with Gasteiger partial charge >= 0.3 is 5.91 Å². The molecule has 12 heteroatoms. The average molecular weight is 652 g/mol. The van der Waals surface area contributed by atoms with Gasteiger partial charge in [0.1, 0.15) is 11.5 Å². The van der Waals surface area contributed by atoms with Crippen molar-refractivity contribution in [2.24, 2.45) is 0 Å². The number of hydrogen-bond donors (Lipinski definition) is 1. The van der Waals surface area contributed by atoms with Crippen molar-refractivity contribution >= 4 is 57.3 Å². The number of aliphatic hydroxyl groups excluding tert-OH is 1. The van der Waals surface area contributed by atoms with E-state index >= 15 is 0 Å². The molecule has 2 heterocycles. The number of aliphatic hydroxyl groups is 1. The van der Waals surface area contributed by atoms with Gasteiger partial charge in [-0.3, -0.25) is 14.5 Å². The van der Waals surface area contributed by atoms with Crippen LogP contribution in [0.2, 0.25) is 5.02 Å². The molecular weight excluding hydrogens is 622 g/mol. The normalized spacial score (nSPS) is 15.9. The van der Waals surface area contributed by atoms with Crippen molar-refractivity contribution in [3.05, 3.63) is 94.0 Å². The highest BCUT2D eigenvalue weighted by Crippen LogP contribution is 2.45. The number of rotatable bonds is 12. The molecule has 1 aromatic heterocycles. The largest absolute Gasteiger partial charge is 0.507 e. The number of aromatic nitrogens is 2. The highest BCUT2D eigenvalue weighted by atomic mass is 35.5. The predicted molar refractivity (Wildman–Crippen MR) is 172 cm³/mol. The van der Waals surface area contributed by atoms with Crippen LogP contribution < -0.4 is 19.1 Å². The highest BCUT2D eigenvalue weighted by Gasteiger charge is 2.48. The number of benzene rings is 3. The second-order valence-electron chi connectivity index (χ2n) is 9.62. The van der Waals surface area contributed by atoms with Gasteiger partial charge in [-0.05, 0) is 66.9 Å². The number of amides is 1. The fourth-order valence-electron chi connectivity index (χ4n) is 4.67. The molecule has 1 N–H and O–H groups in total. The summed E-state index contributed by atoms with van der Waals surface area (Å²) < 4.78 is 17.5. The zero-order valence-electron chi connectivity index (χ0n) is 24.3. The number of anilines is 1. The monoisotopic (exact) mass is 651 g/mol. The number of Topliss-reactive ketones (excluding diaryl/α,β-unsaturated/α-hetero) is 1. The Kier molecular flexibility index (Phi) is 10.1. The molecular formula is C32H30ClN3O6S2. The van der Waals surface area contributed by atoms with Crippen LogP contribution in [0.3, 0.4) is 0 Å². The molecule has 228 valence electrons. The van der Waals surface area contributed by atoms with E-state index in [2.05, 4.69) is 10.2 Å². The molecule has 1 atom stereocenters. The van der Waals surface area contributed by atoms with E-state index in [9.17, 15) is 14.7 Å². The summed E-state index contributed by atoms with van der Waals surface area (Å²) in [4.78, 5) is 28.5. The standard InChI is InChI=1S/C32H30ClN3O6S2/c1-4-16-42-22-13-10-19(11-14-22)28(37)26-27(20-12-15-24(41-5-2)25(17-20)40-3)36(30(39)29(26)38)31-34-35-32(44-31)43-18-21-8-6-7-9-23(21)33/h6-15,17,27,37H,4-5,16,18H2,1-3H3/b28-26-. The lowest BCUT2D eigenvalue weighted by molar-refractivity contribution is -0.132. The third-order valence-corrected chi connectivity index (χ3v) is 9.23. The zero-order chi connectivity index (χ0) is 31.2. The van der Waals surface area contributed by atoms with Gasteiger partial charge in [0.05, 0.1) is 31.9 Å². The van der Waals surface area contributed by atoms with E-state index in [1.165, 1.54) is 35.1 Å². The Morgan fingerprint density at radius 3 is 2.50 bits per heavy atom. The van der Waals surface area contributed by atoms with Gasteiger partial charge in [-0.2, -0.15) is 0 Å². The van der Waals surface area contributed by atoms with E-state index in [-0.39, 0.29) is 16.5 Å². The van der Waals surface area contributed by atoms with Gasteiger partial charge in [-0.25, -0.2) is 0 Å². The first kappa shape index (κ1) is 31.4. The summed E-state index contributed by atoms with van der Waals surface area (Å²) in [5.74, 6) is 0.118. The van der Waals surface area contributed by atoms with Crippen molar-refractivity contribution in [3.63, 3.8) is 0 Å². The van der Waals surface area contributed by atoms with Gasteiger partial charge in [-0.1, -0.05) is 65.9 Å². The number of ketones is 1. The summed E-state index contributed by atoms with van der Waals surface area (Å²) in [5.41, 5.74) is 1.74.